The van der Waals surface area contributed by atoms with E-state index in [0.29, 0.717) is 16.8 Å². The minimum absolute atomic E-state index is 0.0164. The molecule has 0 amide bonds. The highest BCUT2D eigenvalue weighted by Gasteiger charge is 2.18. The summed E-state index contributed by atoms with van der Waals surface area (Å²) in [5.74, 6) is 1.14. The lowest BCUT2D eigenvalue weighted by atomic mass is 10.1. The van der Waals surface area contributed by atoms with Crippen LogP contribution in [0, 0.1) is 6.92 Å². The molecule has 0 aliphatic rings. The van der Waals surface area contributed by atoms with E-state index in [0.717, 1.165) is 20.1 Å². The van der Waals surface area contributed by atoms with Crippen molar-refractivity contribution in [2.24, 2.45) is 0 Å². The summed E-state index contributed by atoms with van der Waals surface area (Å²) in [6.07, 6.45) is 0. The van der Waals surface area contributed by atoms with Crippen molar-refractivity contribution in [3.63, 3.8) is 0 Å². The zero-order valence-electron chi connectivity index (χ0n) is 13.6. The Kier molecular flexibility index (Phi) is 4.50. The van der Waals surface area contributed by atoms with Crippen molar-refractivity contribution in [1.29, 1.82) is 0 Å². The number of thioether (sulfide) groups is 1. The molecule has 0 N–H and O–H groups in total. The third-order valence-corrected chi connectivity index (χ3v) is 6.15. The molecule has 0 saturated carbocycles. The van der Waals surface area contributed by atoms with Gasteiger partial charge in [0.25, 0.3) is 0 Å². The Morgan fingerprint density at radius 3 is 2.72 bits per heavy atom. The lowest BCUT2D eigenvalue weighted by molar-refractivity contribution is 0.509. The van der Waals surface area contributed by atoms with Crippen LogP contribution in [-0.2, 0) is 0 Å². The van der Waals surface area contributed by atoms with Gasteiger partial charge in [-0.05, 0) is 44.2 Å². The molecule has 2 aromatic heterocycles. The van der Waals surface area contributed by atoms with Crippen molar-refractivity contribution < 1.29 is 4.42 Å². The third-order valence-electron chi connectivity index (χ3n) is 3.69. The number of aromatic nitrogens is 3. The van der Waals surface area contributed by atoms with Gasteiger partial charge in [-0.25, -0.2) is 4.98 Å². The fourth-order valence-corrected chi connectivity index (χ4v) is 4.73. The van der Waals surface area contributed by atoms with Gasteiger partial charge in [0.2, 0.25) is 11.8 Å². The third kappa shape index (κ3) is 3.56. The predicted molar refractivity (Wildman–Crippen MR) is 103 cm³/mol. The van der Waals surface area contributed by atoms with Gasteiger partial charge in [0.15, 0.2) is 4.34 Å². The molecule has 4 nitrogen and oxygen atoms in total. The van der Waals surface area contributed by atoms with Crippen LogP contribution in [0.2, 0.25) is 5.02 Å². The van der Waals surface area contributed by atoms with Crippen LogP contribution >= 0.6 is 34.7 Å². The lowest BCUT2D eigenvalue weighted by Gasteiger charge is -2.02. The van der Waals surface area contributed by atoms with Gasteiger partial charge in [0, 0.05) is 10.6 Å². The number of thiazole rings is 1. The molecule has 0 fully saturated rings. The van der Waals surface area contributed by atoms with Crippen LogP contribution in [0.1, 0.15) is 23.6 Å². The van der Waals surface area contributed by atoms with Crippen molar-refractivity contribution >= 4 is 44.9 Å². The fourth-order valence-electron chi connectivity index (χ4n) is 2.34. The zero-order valence-corrected chi connectivity index (χ0v) is 16.0. The highest BCUT2D eigenvalue weighted by molar-refractivity contribution is 8.01. The van der Waals surface area contributed by atoms with Gasteiger partial charge in [-0.3, -0.25) is 0 Å². The summed E-state index contributed by atoms with van der Waals surface area (Å²) in [6, 6.07) is 13.8. The van der Waals surface area contributed by atoms with Gasteiger partial charge in [0.05, 0.1) is 15.5 Å². The topological polar surface area (TPSA) is 51.8 Å². The quantitative estimate of drug-likeness (QED) is 0.392. The number of aryl methyl sites for hydroxylation is 1. The summed E-state index contributed by atoms with van der Waals surface area (Å²) in [4.78, 5) is 4.62. The molecule has 0 aliphatic heterocycles. The summed E-state index contributed by atoms with van der Waals surface area (Å²) in [7, 11) is 0. The van der Waals surface area contributed by atoms with Crippen molar-refractivity contribution in [2.45, 2.75) is 23.4 Å². The Labute approximate surface area is 158 Å². The minimum atomic E-state index is 0.0164. The number of hydrogen-bond donors (Lipinski definition) is 0. The maximum absolute atomic E-state index is 6.02. The highest BCUT2D eigenvalue weighted by atomic mass is 35.5. The summed E-state index contributed by atoms with van der Waals surface area (Å²) in [5, 5.41) is 9.08. The van der Waals surface area contributed by atoms with E-state index in [2.05, 4.69) is 15.2 Å². The standard InChI is InChI=1S/C18H14ClN3OS2/c1-10-3-5-12(6-4-10)17-22-21-16(23-17)11(2)24-18-20-14-9-13(19)7-8-15(14)25-18/h3-9,11H,1-2H3/t11-/m0/s1. The average Bonchev–Trinajstić information content (AvgIpc) is 3.21. The van der Waals surface area contributed by atoms with Crippen LogP contribution in [0.4, 0.5) is 0 Å². The van der Waals surface area contributed by atoms with Crippen molar-refractivity contribution in [2.75, 3.05) is 0 Å². The molecule has 0 unspecified atom stereocenters. The van der Waals surface area contributed by atoms with Crippen LogP contribution in [0.3, 0.4) is 0 Å². The van der Waals surface area contributed by atoms with Gasteiger partial charge >= 0.3 is 0 Å². The Hall–Kier alpha value is -1.89. The molecule has 7 heteroatoms. The largest absolute Gasteiger partial charge is 0.419 e. The fraction of sp³-hybridized carbons (Fsp3) is 0.167. The highest BCUT2D eigenvalue weighted by Crippen LogP contribution is 2.39. The zero-order chi connectivity index (χ0) is 17.4. The van der Waals surface area contributed by atoms with E-state index in [1.165, 1.54) is 5.56 Å². The van der Waals surface area contributed by atoms with Crippen LogP contribution < -0.4 is 0 Å². The van der Waals surface area contributed by atoms with Gasteiger partial charge in [0.1, 0.15) is 0 Å². The molecule has 2 aromatic carbocycles. The van der Waals surface area contributed by atoms with Crippen LogP contribution in [-0.4, -0.2) is 15.2 Å². The first-order valence-corrected chi connectivity index (χ1v) is 9.79. The molecule has 2 heterocycles. The van der Waals surface area contributed by atoms with E-state index < -0.39 is 0 Å². The number of rotatable bonds is 4. The summed E-state index contributed by atoms with van der Waals surface area (Å²) >= 11 is 9.27. The molecule has 0 aliphatic carbocycles. The van der Waals surface area contributed by atoms with Crippen LogP contribution in [0.5, 0.6) is 0 Å². The SMILES string of the molecule is Cc1ccc(-c2nnc([C@H](C)Sc3nc4cc(Cl)ccc4s3)o2)cc1. The van der Waals surface area contributed by atoms with Gasteiger partial charge < -0.3 is 4.42 Å². The van der Waals surface area contributed by atoms with Crippen molar-refractivity contribution in [3.8, 4) is 11.5 Å². The number of hydrogen-bond acceptors (Lipinski definition) is 6. The first-order chi connectivity index (χ1) is 12.1. The number of fused-ring (bicyclic) bond motifs is 1. The molecule has 0 bridgehead atoms. The molecular formula is C18H14ClN3OS2. The number of halogens is 1. The molecule has 1 atom stereocenters. The molecule has 0 saturated heterocycles. The van der Waals surface area contributed by atoms with E-state index in [9.17, 15) is 0 Å². The number of benzene rings is 2. The van der Waals surface area contributed by atoms with Crippen molar-refractivity contribution in [3.05, 3.63) is 58.9 Å². The Balaban J connectivity index is 1.54. The van der Waals surface area contributed by atoms with Gasteiger partial charge in [-0.2, -0.15) is 0 Å². The summed E-state index contributed by atoms with van der Waals surface area (Å²) in [6.45, 7) is 4.09. The van der Waals surface area contributed by atoms with Crippen LogP contribution in [0.15, 0.2) is 51.2 Å². The predicted octanol–water partition coefficient (Wildman–Crippen LogP) is 6.16. The smallest absolute Gasteiger partial charge is 0.247 e. The molecule has 126 valence electrons. The molecular weight excluding hydrogens is 374 g/mol. The molecule has 4 aromatic rings. The minimum Gasteiger partial charge on any atom is -0.419 e. The first kappa shape index (κ1) is 16.6. The van der Waals surface area contributed by atoms with Gasteiger partial charge in [-0.15, -0.1) is 21.5 Å². The maximum Gasteiger partial charge on any atom is 0.247 e. The molecule has 0 radical (unpaired) electrons. The van der Waals surface area contributed by atoms with Crippen molar-refractivity contribution in [1.82, 2.24) is 15.2 Å². The maximum atomic E-state index is 6.02. The van der Waals surface area contributed by atoms with E-state index in [1.807, 2.05) is 56.3 Å². The molecule has 0 spiro atoms. The van der Waals surface area contributed by atoms with E-state index in [1.54, 1.807) is 23.1 Å². The second-order valence-corrected chi connectivity index (χ2v) is 8.72. The average molecular weight is 388 g/mol. The van der Waals surface area contributed by atoms with E-state index in [-0.39, 0.29) is 5.25 Å². The summed E-state index contributed by atoms with van der Waals surface area (Å²) < 4.78 is 7.92. The Morgan fingerprint density at radius 2 is 1.92 bits per heavy atom. The Bertz CT molecular complexity index is 1030. The second-order valence-electron chi connectivity index (χ2n) is 5.66. The van der Waals surface area contributed by atoms with E-state index >= 15 is 0 Å². The Morgan fingerprint density at radius 1 is 1.12 bits per heavy atom. The number of nitrogens with zero attached hydrogens (tertiary/aromatic N) is 3. The second kappa shape index (κ2) is 6.78. The molecule has 4 rings (SSSR count). The normalized spacial score (nSPS) is 12.6. The van der Waals surface area contributed by atoms with Gasteiger partial charge in [-0.1, -0.05) is 41.1 Å². The lowest BCUT2D eigenvalue weighted by Crippen LogP contribution is -1.88. The van der Waals surface area contributed by atoms with E-state index in [4.69, 9.17) is 16.0 Å². The summed E-state index contributed by atoms with van der Waals surface area (Å²) in [5.41, 5.74) is 3.04. The van der Waals surface area contributed by atoms with Crippen LogP contribution in [0.25, 0.3) is 21.7 Å². The monoisotopic (exact) mass is 387 g/mol. The molecule has 25 heavy (non-hydrogen) atoms. The first-order valence-electron chi connectivity index (χ1n) is 7.72.